The van der Waals surface area contributed by atoms with Gasteiger partial charge in [-0.25, -0.2) is 0 Å². The van der Waals surface area contributed by atoms with Crippen molar-refractivity contribution < 1.29 is 33.6 Å². The van der Waals surface area contributed by atoms with Gasteiger partial charge >= 0.3 is 0 Å². The van der Waals surface area contributed by atoms with Crippen LogP contribution in [-0.2, 0) is 4.79 Å². The van der Waals surface area contributed by atoms with Crippen LogP contribution in [0.4, 0.5) is 0 Å². The highest BCUT2D eigenvalue weighted by Gasteiger charge is 2.30. The number of fused-ring (bicyclic) bond motifs is 3. The number of methoxy groups -OCH3 is 4. The van der Waals surface area contributed by atoms with Crippen molar-refractivity contribution in [1.29, 1.82) is 0 Å². The summed E-state index contributed by atoms with van der Waals surface area (Å²) in [5.41, 5.74) is 3.65. The molecule has 2 N–H and O–H groups in total. The van der Waals surface area contributed by atoms with Gasteiger partial charge in [0, 0.05) is 29.3 Å². The molecule has 0 atom stereocenters. The molecule has 0 aliphatic heterocycles. The molecule has 9 nitrogen and oxygen atoms in total. The topological polar surface area (TPSA) is 108 Å². The molecule has 0 aliphatic carbocycles. The molecule has 41 heavy (non-hydrogen) atoms. The van der Waals surface area contributed by atoms with Gasteiger partial charge in [-0.1, -0.05) is 36.4 Å². The summed E-state index contributed by atoms with van der Waals surface area (Å²) in [5, 5.41) is 13.4. The number of hydrogen-bond donors (Lipinski definition) is 2. The number of benzene rings is 3. The number of carbonyl (C=O) groups excluding carboxylic acids is 2. The fraction of sp³-hybridized carbons (Fsp3) is 0.188. The van der Waals surface area contributed by atoms with E-state index in [1.165, 1.54) is 0 Å². The van der Waals surface area contributed by atoms with E-state index in [2.05, 4.69) is 5.32 Å². The molecule has 2 aromatic heterocycles. The van der Waals surface area contributed by atoms with E-state index in [4.69, 9.17) is 18.9 Å². The summed E-state index contributed by atoms with van der Waals surface area (Å²) in [6.07, 6.45) is 1.77. The van der Waals surface area contributed by atoms with E-state index in [9.17, 15) is 14.7 Å². The molecule has 0 unspecified atom stereocenters. The van der Waals surface area contributed by atoms with Gasteiger partial charge in [0.25, 0.3) is 11.7 Å². The van der Waals surface area contributed by atoms with E-state index in [1.807, 2.05) is 60.7 Å². The van der Waals surface area contributed by atoms with E-state index in [1.54, 1.807) is 45.1 Å². The molecular formula is C32H30N2O7. The van der Waals surface area contributed by atoms with Gasteiger partial charge in [0.15, 0.2) is 23.0 Å². The van der Waals surface area contributed by atoms with Gasteiger partial charge in [0.2, 0.25) is 0 Å². The van der Waals surface area contributed by atoms with Crippen molar-refractivity contribution in [1.82, 2.24) is 9.72 Å². The lowest BCUT2D eigenvalue weighted by molar-refractivity contribution is -0.117. The Bertz CT molecular complexity index is 1760. The third-order valence-corrected chi connectivity index (χ3v) is 6.97. The van der Waals surface area contributed by atoms with E-state index in [0.717, 1.165) is 21.9 Å². The minimum Gasteiger partial charge on any atom is -0.493 e. The lowest BCUT2D eigenvalue weighted by Gasteiger charge is -2.13. The Morgan fingerprint density at radius 1 is 0.756 bits per heavy atom. The van der Waals surface area contributed by atoms with Crippen molar-refractivity contribution in [2.24, 2.45) is 0 Å². The zero-order valence-corrected chi connectivity index (χ0v) is 23.2. The smallest absolute Gasteiger partial charge is 0.294 e. The molecule has 1 amide bonds. The molecule has 5 rings (SSSR count). The monoisotopic (exact) mass is 554 g/mol. The summed E-state index contributed by atoms with van der Waals surface area (Å²) in [6, 6.07) is 20.6. The zero-order valence-electron chi connectivity index (χ0n) is 23.2. The van der Waals surface area contributed by atoms with Crippen LogP contribution in [0.25, 0.3) is 38.5 Å². The third-order valence-electron chi connectivity index (χ3n) is 6.97. The van der Waals surface area contributed by atoms with Gasteiger partial charge < -0.3 is 33.8 Å². The number of aliphatic hydroxyl groups excluding tert-OH is 1. The second-order valence-corrected chi connectivity index (χ2v) is 9.17. The lowest BCUT2D eigenvalue weighted by Crippen LogP contribution is -2.33. The number of Topliss-reactive ketones (excluding diaryl/α,β-unsaturated/α-hetero) is 1. The van der Waals surface area contributed by atoms with Crippen molar-refractivity contribution in [2.75, 3.05) is 41.6 Å². The number of nitrogens with one attached hydrogen (secondary N) is 1. The van der Waals surface area contributed by atoms with Crippen LogP contribution in [0.1, 0.15) is 10.5 Å². The van der Waals surface area contributed by atoms with Crippen LogP contribution in [0, 0.1) is 0 Å². The van der Waals surface area contributed by atoms with Crippen LogP contribution in [0.15, 0.2) is 72.9 Å². The normalized spacial score (nSPS) is 11.0. The van der Waals surface area contributed by atoms with Crippen LogP contribution < -0.4 is 24.3 Å². The zero-order chi connectivity index (χ0) is 29.1. The number of amides is 1. The maximum Gasteiger partial charge on any atom is 0.294 e. The number of nitrogens with zero attached hydrogens (tertiary/aromatic N) is 1. The Kier molecular flexibility index (Phi) is 7.80. The van der Waals surface area contributed by atoms with Gasteiger partial charge in [-0.15, -0.1) is 0 Å². The highest BCUT2D eigenvalue weighted by atomic mass is 16.5. The standard InChI is InChI=1S/C32H30N2O7/c1-38-23-11-10-21(17-24(23)39-2)28-27(19-8-6-5-7-9-19)30(31(36)32(37)33-13-15-35)34-14-12-20-16-25(40-3)26(41-4)18-22(20)29(28)34/h5-12,14,16-18,35H,13,15H2,1-4H3,(H,33,37). The molecule has 0 radical (unpaired) electrons. The highest BCUT2D eigenvalue weighted by Crippen LogP contribution is 2.46. The Morgan fingerprint density at radius 3 is 2.07 bits per heavy atom. The number of hydrogen-bond acceptors (Lipinski definition) is 7. The van der Waals surface area contributed by atoms with E-state index in [0.29, 0.717) is 39.6 Å². The first-order valence-electron chi connectivity index (χ1n) is 12.9. The summed E-state index contributed by atoms with van der Waals surface area (Å²) >= 11 is 0. The van der Waals surface area contributed by atoms with E-state index in [-0.39, 0.29) is 18.8 Å². The van der Waals surface area contributed by atoms with Crippen molar-refractivity contribution >= 4 is 28.0 Å². The van der Waals surface area contributed by atoms with E-state index >= 15 is 0 Å². The molecule has 0 fully saturated rings. The number of rotatable bonds is 10. The van der Waals surface area contributed by atoms with Crippen LogP contribution in [0.3, 0.4) is 0 Å². The van der Waals surface area contributed by atoms with Gasteiger partial charge in [-0.3, -0.25) is 9.59 Å². The molecule has 3 aromatic carbocycles. The molecule has 5 aromatic rings. The Balaban J connectivity index is 1.98. The summed E-state index contributed by atoms with van der Waals surface area (Å²) in [4.78, 5) is 26.9. The molecule has 2 heterocycles. The van der Waals surface area contributed by atoms with Gasteiger partial charge in [0.05, 0.1) is 40.6 Å². The minimum absolute atomic E-state index is 0.0446. The molecule has 9 heteroatoms. The fourth-order valence-electron chi connectivity index (χ4n) is 5.13. The molecule has 0 saturated carbocycles. The molecular weight excluding hydrogens is 524 g/mol. The van der Waals surface area contributed by atoms with Gasteiger partial charge in [0.1, 0.15) is 5.69 Å². The van der Waals surface area contributed by atoms with E-state index < -0.39 is 11.7 Å². The van der Waals surface area contributed by atoms with Crippen molar-refractivity contribution in [3.8, 4) is 45.3 Å². The SMILES string of the molecule is COc1ccc(-c2c(-c3ccccc3)c(C(=O)C(=O)NCCO)n3ccc4cc(OC)c(OC)cc4c23)cc1OC. The average molecular weight is 555 g/mol. The second kappa shape index (κ2) is 11.6. The number of ketones is 1. The summed E-state index contributed by atoms with van der Waals surface area (Å²) in [6.45, 7) is -0.334. The average Bonchev–Trinajstić information content (AvgIpc) is 3.38. The first-order valence-corrected chi connectivity index (χ1v) is 12.9. The lowest BCUT2D eigenvalue weighted by atomic mass is 9.93. The maximum atomic E-state index is 13.9. The van der Waals surface area contributed by atoms with Crippen molar-refractivity contribution in [3.63, 3.8) is 0 Å². The first kappa shape index (κ1) is 27.5. The summed E-state index contributed by atoms with van der Waals surface area (Å²) in [5.74, 6) is 0.586. The fourth-order valence-corrected chi connectivity index (χ4v) is 5.13. The number of ether oxygens (including phenoxy) is 4. The number of pyridine rings is 1. The minimum atomic E-state index is -0.818. The molecule has 0 aliphatic rings. The Labute approximate surface area is 236 Å². The summed E-state index contributed by atoms with van der Waals surface area (Å²) in [7, 11) is 6.26. The summed E-state index contributed by atoms with van der Waals surface area (Å²) < 4.78 is 24.0. The molecule has 0 saturated heterocycles. The van der Waals surface area contributed by atoms with Gasteiger partial charge in [-0.2, -0.15) is 0 Å². The molecule has 0 spiro atoms. The second-order valence-electron chi connectivity index (χ2n) is 9.17. The predicted octanol–water partition coefficient (Wildman–Crippen LogP) is 4.75. The number of aromatic nitrogens is 1. The Hall–Kier alpha value is -5.02. The third kappa shape index (κ3) is 4.81. The first-order chi connectivity index (χ1) is 20.0. The van der Waals surface area contributed by atoms with Crippen LogP contribution in [0.2, 0.25) is 0 Å². The largest absolute Gasteiger partial charge is 0.493 e. The van der Waals surface area contributed by atoms with Crippen LogP contribution >= 0.6 is 0 Å². The quantitative estimate of drug-likeness (QED) is 0.189. The van der Waals surface area contributed by atoms with Crippen molar-refractivity contribution in [3.05, 3.63) is 78.6 Å². The highest BCUT2D eigenvalue weighted by molar-refractivity contribution is 6.44. The molecule has 210 valence electrons. The van der Waals surface area contributed by atoms with Crippen molar-refractivity contribution in [2.45, 2.75) is 0 Å². The number of aliphatic hydroxyl groups is 1. The van der Waals surface area contributed by atoms with Crippen LogP contribution in [-0.4, -0.2) is 62.8 Å². The molecule has 0 bridgehead atoms. The maximum absolute atomic E-state index is 13.9. The van der Waals surface area contributed by atoms with Crippen LogP contribution in [0.5, 0.6) is 23.0 Å². The van der Waals surface area contributed by atoms with Gasteiger partial charge in [-0.05, 0) is 46.8 Å². The Morgan fingerprint density at radius 2 is 1.41 bits per heavy atom. The number of carbonyl (C=O) groups is 2. The predicted molar refractivity (Wildman–Crippen MR) is 156 cm³/mol.